The standard InChI is InChI=1S/C28H35Cl2NO2/c1-4-32-24-10-19(9-23(30)25(24)33-15-21-7-5-6-8-22(21)29)14-31-28-13-20-11-26(2,17-28)16-27(3,12-20)18-28/h5-10,20,31H,4,11-18H2,1-3H3/t20?,26-,27+,28?. The van der Waals surface area contributed by atoms with Crippen molar-refractivity contribution in [3.8, 4) is 11.5 Å². The maximum Gasteiger partial charge on any atom is 0.180 e. The van der Waals surface area contributed by atoms with E-state index in [1.54, 1.807) is 0 Å². The summed E-state index contributed by atoms with van der Waals surface area (Å²) in [7, 11) is 0. The summed E-state index contributed by atoms with van der Waals surface area (Å²) in [5.41, 5.74) is 3.30. The minimum absolute atomic E-state index is 0.250. The third kappa shape index (κ3) is 4.74. The largest absolute Gasteiger partial charge is 0.490 e. The lowest BCUT2D eigenvalue weighted by molar-refractivity contribution is -0.118. The summed E-state index contributed by atoms with van der Waals surface area (Å²) in [6.45, 7) is 8.70. The molecule has 2 unspecified atom stereocenters. The maximum atomic E-state index is 6.71. The van der Waals surface area contributed by atoms with Gasteiger partial charge in [-0.1, -0.05) is 55.2 Å². The van der Waals surface area contributed by atoms with Gasteiger partial charge in [-0.05, 0) is 86.0 Å². The van der Waals surface area contributed by atoms with Crippen LogP contribution in [-0.2, 0) is 13.2 Å². The molecular formula is C28H35Cl2NO2. The topological polar surface area (TPSA) is 30.5 Å². The molecule has 4 fully saturated rings. The second-order valence-electron chi connectivity index (χ2n) is 11.5. The first kappa shape index (κ1) is 23.3. The Bertz CT molecular complexity index is 1020. The Labute approximate surface area is 208 Å². The van der Waals surface area contributed by atoms with Crippen LogP contribution in [0.15, 0.2) is 36.4 Å². The first-order valence-electron chi connectivity index (χ1n) is 12.3. The average molecular weight is 488 g/mol. The highest BCUT2D eigenvalue weighted by Crippen LogP contribution is 2.66. The molecule has 4 aliphatic carbocycles. The van der Waals surface area contributed by atoms with Crippen molar-refractivity contribution in [1.82, 2.24) is 5.32 Å². The molecule has 178 valence electrons. The van der Waals surface area contributed by atoms with E-state index in [2.05, 4.69) is 25.2 Å². The molecule has 0 aromatic heterocycles. The SMILES string of the molecule is CCOc1cc(CNC23CC4C[C@@](C)(C2)C[C@](C)(C4)C3)cc(Cl)c1OCc1ccccc1Cl. The van der Waals surface area contributed by atoms with Crippen LogP contribution in [0, 0.1) is 16.7 Å². The fraction of sp³-hybridized carbons (Fsp3) is 0.571. The molecule has 6 rings (SSSR count). The lowest BCUT2D eigenvalue weighted by Gasteiger charge is -2.65. The summed E-state index contributed by atoms with van der Waals surface area (Å²) in [4.78, 5) is 0. The van der Waals surface area contributed by atoms with Gasteiger partial charge in [-0.2, -0.15) is 0 Å². The van der Waals surface area contributed by atoms with Gasteiger partial charge in [-0.15, -0.1) is 0 Å². The van der Waals surface area contributed by atoms with Crippen molar-refractivity contribution in [2.75, 3.05) is 6.61 Å². The molecular weight excluding hydrogens is 453 g/mol. The van der Waals surface area contributed by atoms with Gasteiger partial charge in [0.05, 0.1) is 11.6 Å². The zero-order valence-corrected chi connectivity index (χ0v) is 21.5. The summed E-state index contributed by atoms with van der Waals surface area (Å²) >= 11 is 13.0. The number of hydrogen-bond donors (Lipinski definition) is 1. The first-order chi connectivity index (χ1) is 15.7. The van der Waals surface area contributed by atoms with E-state index in [0.717, 1.165) is 23.6 Å². The number of halogens is 2. The van der Waals surface area contributed by atoms with Gasteiger partial charge in [0.25, 0.3) is 0 Å². The van der Waals surface area contributed by atoms with Gasteiger partial charge < -0.3 is 14.8 Å². The zero-order chi connectivity index (χ0) is 23.3. The molecule has 4 bridgehead atoms. The molecule has 0 amide bonds. The van der Waals surface area contributed by atoms with Crippen LogP contribution in [0.2, 0.25) is 10.0 Å². The van der Waals surface area contributed by atoms with Crippen LogP contribution in [0.5, 0.6) is 11.5 Å². The zero-order valence-electron chi connectivity index (χ0n) is 20.0. The Morgan fingerprint density at radius 3 is 2.33 bits per heavy atom. The van der Waals surface area contributed by atoms with E-state index in [1.165, 1.54) is 38.5 Å². The molecule has 1 N–H and O–H groups in total. The van der Waals surface area contributed by atoms with Gasteiger partial charge >= 0.3 is 0 Å². The predicted molar refractivity (Wildman–Crippen MR) is 135 cm³/mol. The lowest BCUT2D eigenvalue weighted by Crippen LogP contribution is -2.63. The van der Waals surface area contributed by atoms with E-state index < -0.39 is 0 Å². The van der Waals surface area contributed by atoms with Crippen LogP contribution in [-0.4, -0.2) is 12.1 Å². The van der Waals surface area contributed by atoms with Gasteiger partial charge in [-0.3, -0.25) is 0 Å². The first-order valence-corrected chi connectivity index (χ1v) is 13.0. The summed E-state index contributed by atoms with van der Waals surface area (Å²) < 4.78 is 12.0. The average Bonchev–Trinajstić information content (AvgIpc) is 2.70. The van der Waals surface area contributed by atoms with Crippen molar-refractivity contribution < 1.29 is 9.47 Å². The van der Waals surface area contributed by atoms with E-state index >= 15 is 0 Å². The highest BCUT2D eigenvalue weighted by molar-refractivity contribution is 6.32. The quantitative estimate of drug-likeness (QED) is 0.411. The highest BCUT2D eigenvalue weighted by Gasteiger charge is 2.59. The summed E-state index contributed by atoms with van der Waals surface area (Å²) in [6, 6.07) is 11.8. The second-order valence-corrected chi connectivity index (χ2v) is 12.3. The van der Waals surface area contributed by atoms with Crippen molar-refractivity contribution in [3.63, 3.8) is 0 Å². The summed E-state index contributed by atoms with van der Waals surface area (Å²) in [5, 5.41) is 5.27. The minimum Gasteiger partial charge on any atom is -0.490 e. The van der Waals surface area contributed by atoms with Gasteiger partial charge in [0.1, 0.15) is 6.61 Å². The molecule has 4 atom stereocenters. The molecule has 0 radical (unpaired) electrons. The summed E-state index contributed by atoms with van der Waals surface area (Å²) in [5.74, 6) is 2.14. The van der Waals surface area contributed by atoms with E-state index in [-0.39, 0.29) is 5.54 Å². The van der Waals surface area contributed by atoms with Crippen molar-refractivity contribution in [2.24, 2.45) is 16.7 Å². The van der Waals surface area contributed by atoms with Gasteiger partial charge in [0.15, 0.2) is 11.5 Å². The number of nitrogens with one attached hydrogen (secondary N) is 1. The molecule has 3 nitrogen and oxygen atoms in total. The lowest BCUT2D eigenvalue weighted by atomic mass is 9.43. The molecule has 0 heterocycles. The fourth-order valence-electron chi connectivity index (χ4n) is 7.83. The molecule has 4 saturated carbocycles. The molecule has 0 aliphatic heterocycles. The van der Waals surface area contributed by atoms with Crippen molar-refractivity contribution in [1.29, 1.82) is 0 Å². The highest BCUT2D eigenvalue weighted by atomic mass is 35.5. The van der Waals surface area contributed by atoms with Crippen LogP contribution in [0.25, 0.3) is 0 Å². The maximum absolute atomic E-state index is 6.71. The molecule has 5 heteroatoms. The minimum atomic E-state index is 0.250. The molecule has 33 heavy (non-hydrogen) atoms. The van der Waals surface area contributed by atoms with Gasteiger partial charge in [0, 0.05) is 22.7 Å². The van der Waals surface area contributed by atoms with Gasteiger partial charge in [-0.25, -0.2) is 0 Å². The van der Waals surface area contributed by atoms with Crippen LogP contribution in [0.4, 0.5) is 0 Å². The van der Waals surface area contributed by atoms with E-state index in [1.807, 2.05) is 37.3 Å². The monoisotopic (exact) mass is 487 g/mol. The van der Waals surface area contributed by atoms with E-state index in [0.29, 0.717) is 45.6 Å². The predicted octanol–water partition coefficient (Wildman–Crippen LogP) is 7.81. The van der Waals surface area contributed by atoms with Crippen molar-refractivity contribution >= 4 is 23.2 Å². The number of rotatable bonds is 8. The Kier molecular flexibility index (Phi) is 6.12. The van der Waals surface area contributed by atoms with Crippen LogP contribution >= 0.6 is 23.2 Å². The van der Waals surface area contributed by atoms with E-state index in [9.17, 15) is 0 Å². The smallest absolute Gasteiger partial charge is 0.180 e. The Morgan fingerprint density at radius 2 is 1.67 bits per heavy atom. The number of ether oxygens (including phenoxy) is 2. The Hall–Kier alpha value is -1.42. The number of hydrogen-bond acceptors (Lipinski definition) is 3. The third-order valence-electron chi connectivity index (χ3n) is 7.99. The normalized spacial score (nSPS) is 32.2. The molecule has 0 spiro atoms. The molecule has 4 aliphatic rings. The van der Waals surface area contributed by atoms with Crippen molar-refractivity contribution in [3.05, 3.63) is 57.6 Å². The van der Waals surface area contributed by atoms with E-state index in [4.69, 9.17) is 32.7 Å². The fourth-order valence-corrected chi connectivity index (χ4v) is 8.30. The van der Waals surface area contributed by atoms with Gasteiger partial charge in [0.2, 0.25) is 0 Å². The second kappa shape index (κ2) is 8.66. The third-order valence-corrected chi connectivity index (χ3v) is 8.64. The molecule has 2 aromatic carbocycles. The van der Waals surface area contributed by atoms with Crippen LogP contribution in [0.3, 0.4) is 0 Å². The molecule has 2 aromatic rings. The summed E-state index contributed by atoms with van der Waals surface area (Å²) in [6.07, 6.45) is 8.09. The van der Waals surface area contributed by atoms with Crippen molar-refractivity contribution in [2.45, 2.75) is 78.0 Å². The Morgan fingerprint density at radius 1 is 0.939 bits per heavy atom. The Balaban J connectivity index is 1.33. The van der Waals surface area contributed by atoms with Crippen LogP contribution in [0.1, 0.15) is 70.4 Å². The van der Waals surface area contributed by atoms with Crippen LogP contribution < -0.4 is 14.8 Å². The molecule has 0 saturated heterocycles. The number of benzene rings is 2.